The van der Waals surface area contributed by atoms with Crippen molar-refractivity contribution in [2.24, 2.45) is 0 Å². The van der Waals surface area contributed by atoms with Gasteiger partial charge in [0.25, 0.3) is 0 Å². The van der Waals surface area contributed by atoms with Gasteiger partial charge in [0.1, 0.15) is 4.60 Å². The highest BCUT2D eigenvalue weighted by atomic mass is 79.9. The van der Waals surface area contributed by atoms with Crippen LogP contribution in [0.15, 0.2) is 22.9 Å². The molecule has 1 rings (SSSR count). The lowest BCUT2D eigenvalue weighted by atomic mass is 10.2. The third-order valence-corrected chi connectivity index (χ3v) is 14.7. The maximum atomic E-state index is 13.6. The summed E-state index contributed by atoms with van der Waals surface area (Å²) in [6.07, 6.45) is 1.55. The number of nitrogens with zero attached hydrogens (tertiary/aromatic N) is 1. The molecule has 0 saturated carbocycles. The van der Waals surface area contributed by atoms with Gasteiger partial charge in [-0.05, 0) is 46.5 Å². The van der Waals surface area contributed by atoms with Crippen LogP contribution in [0.4, 0.5) is 0 Å². The lowest BCUT2D eigenvalue weighted by molar-refractivity contribution is 0.347. The minimum absolute atomic E-state index is 0.163. The number of halogens is 1. The van der Waals surface area contributed by atoms with E-state index in [0.717, 1.165) is 5.56 Å². The average molecular weight is 608 g/mol. The van der Waals surface area contributed by atoms with Crippen LogP contribution in [0.5, 0.6) is 0 Å². The van der Waals surface area contributed by atoms with Gasteiger partial charge in [-0.1, -0.05) is 0 Å². The van der Waals surface area contributed by atoms with Gasteiger partial charge in [0.2, 0.25) is 0 Å². The van der Waals surface area contributed by atoms with Crippen molar-refractivity contribution in [2.45, 2.75) is 18.2 Å². The fraction of sp³-hybridized carbons (Fsp3) is 0.583. The van der Waals surface area contributed by atoms with Crippen molar-refractivity contribution in [1.82, 2.24) is 4.98 Å². The van der Waals surface area contributed by atoms with Crippen molar-refractivity contribution >= 4 is 64.6 Å². The molecule has 0 radical (unpaired) electrons. The fourth-order valence-corrected chi connectivity index (χ4v) is 14.3. The molecule has 0 aliphatic carbocycles. The molecule has 0 bridgehead atoms. The average Bonchev–Trinajstić information content (AvgIpc) is 2.51. The number of aromatic nitrogens is 1. The minimum atomic E-state index is -4.51. The molecule has 4 unspecified atom stereocenters. The smallest absolute Gasteiger partial charge is 0.350 e. The summed E-state index contributed by atoms with van der Waals surface area (Å²) in [5, 5.41) is -1.64. The third-order valence-electron chi connectivity index (χ3n) is 3.14. The van der Waals surface area contributed by atoms with Gasteiger partial charge in [0.15, 0.2) is 38.9 Å². The number of hydrogen-bond donors (Lipinski definition) is 4. The van der Waals surface area contributed by atoms with Crippen molar-refractivity contribution in [2.75, 3.05) is 26.7 Å². The summed E-state index contributed by atoms with van der Waals surface area (Å²) in [6, 6.07) is 3.36. The molecule has 0 saturated heterocycles. The minimum Gasteiger partial charge on any atom is -0.350 e. The lowest BCUT2D eigenvalue weighted by Gasteiger charge is -2.33. The molecule has 0 spiro atoms. The molecule has 0 aromatic carbocycles. The van der Waals surface area contributed by atoms with Crippen molar-refractivity contribution in [3.8, 4) is 0 Å². The summed E-state index contributed by atoms with van der Waals surface area (Å²) in [5.74, 6) is 0. The zero-order valence-corrected chi connectivity index (χ0v) is 23.4. The summed E-state index contributed by atoms with van der Waals surface area (Å²) in [4.78, 5) is 43.0. The van der Waals surface area contributed by atoms with E-state index in [0.29, 0.717) is 4.60 Å². The highest BCUT2D eigenvalue weighted by Gasteiger charge is 2.54. The van der Waals surface area contributed by atoms with Gasteiger partial charge >= 0.3 is 15.2 Å². The SMILES string of the molecule is CP(O)OP(=O)(OP(C)O)C(CCc1ccnc(Br)c1)P(=O)(OP(C)O)OP(C)O. The van der Waals surface area contributed by atoms with E-state index in [4.69, 9.17) is 17.2 Å². The van der Waals surface area contributed by atoms with Crippen molar-refractivity contribution in [1.29, 1.82) is 0 Å². The van der Waals surface area contributed by atoms with Gasteiger partial charge in [-0.2, -0.15) is 0 Å². The van der Waals surface area contributed by atoms with Gasteiger partial charge in [0.05, 0.1) is 0 Å². The third kappa shape index (κ3) is 10.2. The Morgan fingerprint density at radius 3 is 1.67 bits per heavy atom. The van der Waals surface area contributed by atoms with Crippen LogP contribution in [0.3, 0.4) is 0 Å². The topological polar surface area (TPSA) is 165 Å². The van der Waals surface area contributed by atoms with Crippen LogP contribution in [0.1, 0.15) is 12.0 Å². The molecule has 1 aromatic heterocycles. The Kier molecular flexibility index (Phi) is 13.2. The standard InChI is InChI=1S/C12H24BrNO10P6/c1-25(15)21-29(19,22-26(2)16)12(6-5-10-7-8-14-11(13)9-10)30(20,23-27(3)17)24-28(4)18/h7-9,12,15-18H,5-6H2,1-4H3. The Morgan fingerprint density at radius 2 is 1.33 bits per heavy atom. The van der Waals surface area contributed by atoms with E-state index in [-0.39, 0.29) is 12.8 Å². The quantitative estimate of drug-likeness (QED) is 0.170. The van der Waals surface area contributed by atoms with Crippen LogP contribution in [0.25, 0.3) is 0 Å². The van der Waals surface area contributed by atoms with E-state index < -0.39 is 54.1 Å². The van der Waals surface area contributed by atoms with Crippen LogP contribution in [-0.2, 0) is 32.8 Å². The van der Waals surface area contributed by atoms with Crippen LogP contribution in [0.2, 0.25) is 0 Å². The highest BCUT2D eigenvalue weighted by molar-refractivity contribution is 9.10. The van der Waals surface area contributed by atoms with E-state index in [1.807, 2.05) is 0 Å². The first-order chi connectivity index (χ1) is 13.8. The second-order valence-electron chi connectivity index (χ2n) is 5.77. The molecule has 1 aromatic rings. The predicted molar refractivity (Wildman–Crippen MR) is 124 cm³/mol. The van der Waals surface area contributed by atoms with Crippen LogP contribution in [0, 0.1) is 0 Å². The Bertz CT molecular complexity index is 703. The maximum Gasteiger partial charge on any atom is 0.356 e. The first-order valence-electron chi connectivity index (χ1n) is 8.06. The Balaban J connectivity index is 3.45. The number of pyridine rings is 1. The first kappa shape index (κ1) is 29.5. The highest BCUT2D eigenvalue weighted by Crippen LogP contribution is 2.80. The van der Waals surface area contributed by atoms with Crippen molar-refractivity contribution < 1.29 is 45.9 Å². The molecule has 0 amide bonds. The summed E-state index contributed by atoms with van der Waals surface area (Å²) < 4.78 is 48.3. The zero-order valence-electron chi connectivity index (χ0n) is 16.5. The maximum absolute atomic E-state index is 13.6. The van der Waals surface area contributed by atoms with Crippen LogP contribution < -0.4 is 0 Å². The van der Waals surface area contributed by atoms with Crippen molar-refractivity contribution in [3.05, 3.63) is 28.5 Å². The predicted octanol–water partition coefficient (Wildman–Crippen LogP) is 5.29. The van der Waals surface area contributed by atoms with Gasteiger partial charge in [0, 0.05) is 32.9 Å². The van der Waals surface area contributed by atoms with Crippen LogP contribution >= 0.6 is 64.6 Å². The molecule has 4 N–H and O–H groups in total. The second-order valence-corrected chi connectivity index (χ2v) is 16.7. The number of rotatable bonds is 13. The largest absolute Gasteiger partial charge is 0.356 e. The van der Waals surface area contributed by atoms with E-state index in [1.165, 1.54) is 32.9 Å². The molecular weight excluding hydrogens is 584 g/mol. The first-order valence-corrected chi connectivity index (χ1v) is 18.7. The molecular formula is C12H24BrNO10P6. The summed E-state index contributed by atoms with van der Waals surface area (Å²) in [5.41, 5.74) is 0.719. The molecule has 4 atom stereocenters. The van der Waals surface area contributed by atoms with E-state index in [1.54, 1.807) is 12.1 Å². The summed E-state index contributed by atoms with van der Waals surface area (Å²) >= 11 is 3.24. The van der Waals surface area contributed by atoms with Crippen molar-refractivity contribution in [3.63, 3.8) is 0 Å². The number of hydrogen-bond acceptors (Lipinski definition) is 11. The molecule has 0 aliphatic heterocycles. The molecule has 0 aliphatic rings. The molecule has 1 heterocycles. The Hall–Kier alpha value is 1.49. The fourth-order valence-electron chi connectivity index (χ4n) is 2.29. The Labute approximate surface area is 188 Å². The molecule has 0 fully saturated rings. The zero-order chi connectivity index (χ0) is 23.1. The van der Waals surface area contributed by atoms with Gasteiger partial charge in [-0.3, -0.25) is 26.4 Å². The van der Waals surface area contributed by atoms with Crippen LogP contribution in [-0.4, -0.2) is 56.6 Å². The lowest BCUT2D eigenvalue weighted by Crippen LogP contribution is -2.15. The Morgan fingerprint density at radius 1 is 0.933 bits per heavy atom. The number of aryl methyl sites for hydroxylation is 1. The summed E-state index contributed by atoms with van der Waals surface area (Å²) in [6.45, 7) is 4.90. The van der Waals surface area contributed by atoms with Gasteiger partial charge in [-0.15, -0.1) is 0 Å². The van der Waals surface area contributed by atoms with Gasteiger partial charge < -0.3 is 19.6 Å². The molecule has 30 heavy (non-hydrogen) atoms. The van der Waals surface area contributed by atoms with E-state index in [9.17, 15) is 28.7 Å². The van der Waals surface area contributed by atoms with Gasteiger partial charge in [-0.25, -0.2) is 4.98 Å². The monoisotopic (exact) mass is 607 g/mol. The van der Waals surface area contributed by atoms with E-state index >= 15 is 0 Å². The molecule has 11 nitrogen and oxygen atoms in total. The second kappa shape index (κ2) is 13.4. The normalized spacial score (nSPS) is 21.1. The molecule has 174 valence electrons. The summed E-state index contributed by atoms with van der Waals surface area (Å²) in [7, 11) is -18.1. The molecule has 18 heteroatoms. The van der Waals surface area contributed by atoms with E-state index in [2.05, 4.69) is 20.9 Å².